The summed E-state index contributed by atoms with van der Waals surface area (Å²) in [6.45, 7) is 1.60. The van der Waals surface area contributed by atoms with Gasteiger partial charge in [0.1, 0.15) is 11.5 Å². The lowest BCUT2D eigenvalue weighted by atomic mass is 10.2. The molecule has 2 heterocycles. The second-order valence-corrected chi connectivity index (χ2v) is 9.46. The van der Waals surface area contributed by atoms with Crippen molar-refractivity contribution in [2.75, 3.05) is 50.2 Å². The van der Waals surface area contributed by atoms with Gasteiger partial charge in [-0.1, -0.05) is 12.1 Å². The van der Waals surface area contributed by atoms with Gasteiger partial charge in [-0.05, 0) is 30.3 Å². The number of ether oxygens (including phenoxy) is 2. The van der Waals surface area contributed by atoms with Gasteiger partial charge in [0.05, 0.1) is 30.5 Å². The number of rotatable bonds is 6. The van der Waals surface area contributed by atoms with Crippen LogP contribution in [0.5, 0.6) is 11.5 Å². The topological polar surface area (TPSA) is 96.5 Å². The first-order valence-electron chi connectivity index (χ1n) is 10.3. The molecule has 0 saturated carbocycles. The van der Waals surface area contributed by atoms with Crippen molar-refractivity contribution in [1.29, 1.82) is 0 Å². The molecule has 2 aromatic rings. The molecule has 0 aliphatic carbocycles. The fourth-order valence-electron chi connectivity index (χ4n) is 4.06. The van der Waals surface area contributed by atoms with Crippen molar-refractivity contribution in [1.82, 2.24) is 4.31 Å². The summed E-state index contributed by atoms with van der Waals surface area (Å²) >= 11 is 0. The maximum Gasteiger partial charge on any atom is 0.243 e. The van der Waals surface area contributed by atoms with E-state index in [4.69, 9.17) is 9.47 Å². The molecule has 2 fully saturated rings. The van der Waals surface area contributed by atoms with Crippen LogP contribution in [0.4, 0.5) is 11.4 Å². The van der Waals surface area contributed by atoms with E-state index in [1.807, 2.05) is 24.3 Å². The number of nitrogens with zero attached hydrogens (tertiary/aromatic N) is 3. The molecule has 0 atom stereocenters. The van der Waals surface area contributed by atoms with Gasteiger partial charge in [0.25, 0.3) is 0 Å². The summed E-state index contributed by atoms with van der Waals surface area (Å²) in [6, 6.07) is 11.9. The molecule has 9 nitrogen and oxygen atoms in total. The third kappa shape index (κ3) is 3.91. The minimum atomic E-state index is -3.82. The van der Waals surface area contributed by atoms with Crippen molar-refractivity contribution in [2.45, 2.75) is 17.7 Å². The van der Waals surface area contributed by atoms with E-state index in [1.165, 1.54) is 29.6 Å². The predicted molar refractivity (Wildman–Crippen MR) is 119 cm³/mol. The second kappa shape index (κ2) is 8.79. The summed E-state index contributed by atoms with van der Waals surface area (Å²) in [6.07, 6.45) is 0.202. The second-order valence-electron chi connectivity index (χ2n) is 7.52. The van der Waals surface area contributed by atoms with Gasteiger partial charge in [0, 0.05) is 39.0 Å². The average Bonchev–Trinajstić information content (AvgIpc) is 3.16. The average molecular weight is 460 g/mol. The van der Waals surface area contributed by atoms with Crippen LogP contribution in [-0.2, 0) is 19.6 Å². The molecule has 0 N–H and O–H groups in total. The molecule has 2 aliphatic heterocycles. The minimum absolute atomic E-state index is 0.0199. The summed E-state index contributed by atoms with van der Waals surface area (Å²) < 4.78 is 38.8. The van der Waals surface area contributed by atoms with E-state index in [9.17, 15) is 18.0 Å². The van der Waals surface area contributed by atoms with E-state index in [0.717, 1.165) is 16.3 Å². The Labute approximate surface area is 187 Å². The SMILES string of the molecule is COc1ccccc1N1CCN(S(=O)(=O)c2ccc(OC)c(N3C(=O)CCC3=O)c2)CC1. The van der Waals surface area contributed by atoms with Gasteiger partial charge in [-0.2, -0.15) is 4.31 Å². The third-order valence-electron chi connectivity index (χ3n) is 5.75. The number of anilines is 2. The standard InChI is InChI=1S/C22H25N3O6S/c1-30-19-6-4-3-5-17(19)23-11-13-24(14-12-23)32(28,29)16-7-8-20(31-2)18(15-16)25-21(26)9-10-22(25)27/h3-8,15H,9-14H2,1-2H3. The first-order valence-corrected chi connectivity index (χ1v) is 11.7. The quantitative estimate of drug-likeness (QED) is 0.609. The molecule has 32 heavy (non-hydrogen) atoms. The summed E-state index contributed by atoms with van der Waals surface area (Å²) in [5.74, 6) is 0.277. The lowest BCUT2D eigenvalue weighted by molar-refractivity contribution is -0.121. The number of benzene rings is 2. The van der Waals surface area contributed by atoms with Crippen LogP contribution in [0.1, 0.15) is 12.8 Å². The molecule has 0 bridgehead atoms. The maximum absolute atomic E-state index is 13.3. The van der Waals surface area contributed by atoms with Crippen LogP contribution in [0, 0.1) is 0 Å². The number of methoxy groups -OCH3 is 2. The molecule has 4 rings (SSSR count). The zero-order chi connectivity index (χ0) is 22.9. The number of amides is 2. The van der Waals surface area contributed by atoms with Crippen LogP contribution >= 0.6 is 0 Å². The van der Waals surface area contributed by atoms with Crippen LogP contribution in [0.2, 0.25) is 0 Å². The van der Waals surface area contributed by atoms with Crippen molar-refractivity contribution >= 4 is 33.2 Å². The number of hydrogen-bond acceptors (Lipinski definition) is 7. The first kappa shape index (κ1) is 22.1. The van der Waals surface area contributed by atoms with E-state index < -0.39 is 10.0 Å². The number of sulfonamides is 1. The molecule has 2 amide bonds. The van der Waals surface area contributed by atoms with Gasteiger partial charge >= 0.3 is 0 Å². The van der Waals surface area contributed by atoms with Crippen LogP contribution in [-0.4, -0.2) is 64.9 Å². The number of imide groups is 1. The van der Waals surface area contributed by atoms with Crippen molar-refractivity contribution in [2.24, 2.45) is 0 Å². The van der Waals surface area contributed by atoms with Gasteiger partial charge in [0.2, 0.25) is 21.8 Å². The fourth-order valence-corrected chi connectivity index (χ4v) is 5.50. The van der Waals surface area contributed by atoms with Crippen LogP contribution in [0.3, 0.4) is 0 Å². The molecule has 2 aromatic carbocycles. The Morgan fingerprint density at radius 2 is 1.38 bits per heavy atom. The Kier molecular flexibility index (Phi) is 6.07. The Balaban J connectivity index is 1.57. The van der Waals surface area contributed by atoms with Gasteiger partial charge in [-0.3, -0.25) is 9.59 Å². The molecule has 0 unspecified atom stereocenters. The summed E-state index contributed by atoms with van der Waals surface area (Å²) in [7, 11) is -0.805. The van der Waals surface area contributed by atoms with Crippen molar-refractivity contribution in [3.63, 3.8) is 0 Å². The van der Waals surface area contributed by atoms with Gasteiger partial charge in [-0.15, -0.1) is 0 Å². The van der Waals surface area contributed by atoms with Crippen molar-refractivity contribution < 1.29 is 27.5 Å². The number of hydrogen-bond donors (Lipinski definition) is 0. The van der Waals surface area contributed by atoms with E-state index in [-0.39, 0.29) is 41.0 Å². The molecular weight excluding hydrogens is 434 g/mol. The monoisotopic (exact) mass is 459 g/mol. The Hall–Kier alpha value is -3.11. The normalized spacial score (nSPS) is 17.7. The highest BCUT2D eigenvalue weighted by molar-refractivity contribution is 7.89. The van der Waals surface area contributed by atoms with E-state index in [2.05, 4.69) is 4.90 Å². The summed E-state index contributed by atoms with van der Waals surface area (Å²) in [5.41, 5.74) is 1.08. The van der Waals surface area contributed by atoms with Crippen molar-refractivity contribution in [3.8, 4) is 11.5 Å². The molecule has 2 saturated heterocycles. The van der Waals surface area contributed by atoms with E-state index in [0.29, 0.717) is 26.2 Å². The zero-order valence-corrected chi connectivity index (χ0v) is 18.8. The Morgan fingerprint density at radius 1 is 0.781 bits per heavy atom. The molecule has 170 valence electrons. The zero-order valence-electron chi connectivity index (χ0n) is 18.0. The van der Waals surface area contributed by atoms with Crippen LogP contribution < -0.4 is 19.3 Å². The Morgan fingerprint density at radius 3 is 2.00 bits per heavy atom. The predicted octanol–water partition coefficient (Wildman–Crippen LogP) is 1.87. The molecule has 0 spiro atoms. The van der Waals surface area contributed by atoms with Crippen molar-refractivity contribution in [3.05, 3.63) is 42.5 Å². The number of para-hydroxylation sites is 2. The molecule has 2 aliphatic rings. The highest BCUT2D eigenvalue weighted by atomic mass is 32.2. The highest BCUT2D eigenvalue weighted by Crippen LogP contribution is 2.35. The molecular formula is C22H25N3O6S. The summed E-state index contributed by atoms with van der Waals surface area (Å²) in [4.78, 5) is 27.5. The molecule has 0 aromatic heterocycles. The highest BCUT2D eigenvalue weighted by Gasteiger charge is 2.35. The lowest BCUT2D eigenvalue weighted by Gasteiger charge is -2.36. The lowest BCUT2D eigenvalue weighted by Crippen LogP contribution is -2.48. The largest absolute Gasteiger partial charge is 0.495 e. The van der Waals surface area contributed by atoms with Gasteiger partial charge in [-0.25, -0.2) is 13.3 Å². The maximum atomic E-state index is 13.3. The van der Waals surface area contributed by atoms with Crippen LogP contribution in [0.25, 0.3) is 0 Å². The first-order chi connectivity index (χ1) is 15.4. The van der Waals surface area contributed by atoms with Gasteiger partial charge in [0.15, 0.2) is 0 Å². The summed E-state index contributed by atoms with van der Waals surface area (Å²) in [5, 5.41) is 0. The number of carbonyl (C=O) groups is 2. The Bertz CT molecular complexity index is 1130. The fraction of sp³-hybridized carbons (Fsp3) is 0.364. The molecule has 10 heteroatoms. The number of piperazine rings is 1. The molecule has 0 radical (unpaired) electrons. The minimum Gasteiger partial charge on any atom is -0.495 e. The number of carbonyl (C=O) groups excluding carboxylic acids is 2. The van der Waals surface area contributed by atoms with Gasteiger partial charge < -0.3 is 14.4 Å². The third-order valence-corrected chi connectivity index (χ3v) is 7.64. The smallest absolute Gasteiger partial charge is 0.243 e. The van der Waals surface area contributed by atoms with E-state index in [1.54, 1.807) is 7.11 Å². The van der Waals surface area contributed by atoms with Crippen LogP contribution in [0.15, 0.2) is 47.4 Å². The van der Waals surface area contributed by atoms with E-state index >= 15 is 0 Å².